The minimum Gasteiger partial charge on any atom is -0.350 e. The molecule has 1 amide bonds. The van der Waals surface area contributed by atoms with Crippen molar-refractivity contribution in [1.82, 2.24) is 15.1 Å². The maximum Gasteiger partial charge on any atom is 0.435 e. The molecule has 0 bridgehead atoms. The fourth-order valence-corrected chi connectivity index (χ4v) is 4.46. The van der Waals surface area contributed by atoms with Crippen molar-refractivity contribution in [3.63, 3.8) is 0 Å². The predicted molar refractivity (Wildman–Crippen MR) is 97.5 cm³/mol. The maximum absolute atomic E-state index is 13.2. The first kappa shape index (κ1) is 18.0. The molecule has 1 N–H and O–H groups in total. The molecule has 0 spiro atoms. The molecule has 27 heavy (non-hydrogen) atoms. The molecule has 2 heterocycles. The summed E-state index contributed by atoms with van der Waals surface area (Å²) in [6.45, 7) is 0.139. The van der Waals surface area contributed by atoms with E-state index in [1.165, 1.54) is 4.68 Å². The number of amides is 1. The Hall–Kier alpha value is -2.35. The van der Waals surface area contributed by atoms with Crippen molar-refractivity contribution in [2.24, 2.45) is 0 Å². The van der Waals surface area contributed by atoms with Crippen LogP contribution in [0.4, 0.5) is 13.2 Å². The van der Waals surface area contributed by atoms with Crippen molar-refractivity contribution in [2.45, 2.75) is 44.9 Å². The molecular weight excluding hydrogens is 375 g/mol. The molecule has 0 aliphatic heterocycles. The number of nitrogens with one attached hydrogen (secondary N) is 1. The zero-order valence-electron chi connectivity index (χ0n) is 14.5. The Bertz CT molecular complexity index is 990. The van der Waals surface area contributed by atoms with Crippen LogP contribution in [-0.2, 0) is 36.9 Å². The van der Waals surface area contributed by atoms with Crippen LogP contribution in [-0.4, -0.2) is 15.7 Å². The quantitative estimate of drug-likeness (QED) is 0.718. The summed E-state index contributed by atoms with van der Waals surface area (Å²) in [5.74, 6) is -0.341. The number of carbonyl (C=O) groups excluding carboxylic acids is 1. The Labute approximate surface area is 158 Å². The van der Waals surface area contributed by atoms with E-state index in [4.69, 9.17) is 0 Å². The minimum atomic E-state index is -4.49. The number of aromatic nitrogens is 2. The van der Waals surface area contributed by atoms with E-state index < -0.39 is 11.9 Å². The number of rotatable bonds is 4. The Kier molecular flexibility index (Phi) is 4.67. The zero-order valence-corrected chi connectivity index (χ0v) is 15.3. The number of hydrogen-bond acceptors (Lipinski definition) is 3. The van der Waals surface area contributed by atoms with E-state index in [9.17, 15) is 18.0 Å². The molecule has 142 valence electrons. The van der Waals surface area contributed by atoms with Crippen LogP contribution < -0.4 is 5.32 Å². The number of thiophene rings is 1. The predicted octanol–water partition coefficient (Wildman–Crippen LogP) is 4.31. The normalized spacial score (nSPS) is 14.3. The van der Waals surface area contributed by atoms with Gasteiger partial charge in [-0.15, -0.1) is 11.3 Å². The molecule has 4 rings (SSSR count). The summed E-state index contributed by atoms with van der Waals surface area (Å²) >= 11 is 1.63. The summed E-state index contributed by atoms with van der Waals surface area (Å²) in [5, 5.41) is 9.61. The fourth-order valence-electron chi connectivity index (χ4n) is 3.63. The molecule has 0 atom stereocenters. The molecular formula is C19H18F3N3OS. The van der Waals surface area contributed by atoms with Crippen LogP contribution in [0.15, 0.2) is 29.6 Å². The SMILES string of the molecule is O=C(Cn1nc(C(F)(F)F)c2c1CCCC2)NCc1cccc2sccc12. The molecule has 1 aliphatic carbocycles. The van der Waals surface area contributed by atoms with E-state index in [1.54, 1.807) is 11.3 Å². The highest BCUT2D eigenvalue weighted by atomic mass is 32.1. The van der Waals surface area contributed by atoms with Crippen molar-refractivity contribution >= 4 is 27.3 Å². The lowest BCUT2D eigenvalue weighted by atomic mass is 9.95. The number of carbonyl (C=O) groups is 1. The van der Waals surface area contributed by atoms with Crippen LogP contribution in [0.2, 0.25) is 0 Å². The Morgan fingerprint density at radius 3 is 2.85 bits per heavy atom. The number of alkyl halides is 3. The Morgan fingerprint density at radius 1 is 1.22 bits per heavy atom. The van der Waals surface area contributed by atoms with Crippen molar-refractivity contribution in [1.29, 1.82) is 0 Å². The summed E-state index contributed by atoms with van der Waals surface area (Å²) in [5.41, 5.74) is 0.946. The standard InChI is InChI=1S/C19H18F3N3OS/c20-19(21,22)18-14-5-1-2-6-15(14)25(24-18)11-17(26)23-10-12-4-3-7-16-13(12)8-9-27-16/h3-4,7-9H,1-2,5-6,10-11H2,(H,23,26). The lowest BCUT2D eigenvalue weighted by molar-refractivity contribution is -0.142. The molecule has 0 radical (unpaired) electrons. The number of halogens is 3. The second-order valence-electron chi connectivity index (χ2n) is 6.66. The van der Waals surface area contributed by atoms with Gasteiger partial charge in [-0.05, 0) is 54.1 Å². The zero-order chi connectivity index (χ0) is 19.0. The number of benzene rings is 1. The molecule has 8 heteroatoms. The lowest BCUT2D eigenvalue weighted by Crippen LogP contribution is -2.28. The van der Waals surface area contributed by atoms with Gasteiger partial charge in [-0.2, -0.15) is 18.3 Å². The van der Waals surface area contributed by atoms with Crippen LogP contribution in [0, 0.1) is 0 Å². The van der Waals surface area contributed by atoms with Crippen LogP contribution in [0.5, 0.6) is 0 Å². The average Bonchev–Trinajstić information content (AvgIpc) is 3.25. The average molecular weight is 393 g/mol. The van der Waals surface area contributed by atoms with Gasteiger partial charge in [0.15, 0.2) is 5.69 Å². The topological polar surface area (TPSA) is 46.9 Å². The summed E-state index contributed by atoms with van der Waals surface area (Å²) < 4.78 is 42.1. The van der Waals surface area contributed by atoms with Crippen LogP contribution in [0.1, 0.15) is 35.4 Å². The van der Waals surface area contributed by atoms with E-state index in [0.717, 1.165) is 28.5 Å². The van der Waals surface area contributed by atoms with Gasteiger partial charge in [0, 0.05) is 22.5 Å². The van der Waals surface area contributed by atoms with Gasteiger partial charge < -0.3 is 5.32 Å². The molecule has 0 unspecified atom stereocenters. The third kappa shape index (κ3) is 3.58. The van der Waals surface area contributed by atoms with Crippen LogP contribution >= 0.6 is 11.3 Å². The van der Waals surface area contributed by atoms with Crippen molar-refractivity contribution < 1.29 is 18.0 Å². The molecule has 1 aromatic carbocycles. The molecule has 4 nitrogen and oxygen atoms in total. The summed E-state index contributed by atoms with van der Waals surface area (Å²) in [4.78, 5) is 12.4. The van der Waals surface area contributed by atoms with Crippen LogP contribution in [0.3, 0.4) is 0 Å². The van der Waals surface area contributed by atoms with Gasteiger partial charge in [-0.3, -0.25) is 9.48 Å². The Morgan fingerprint density at radius 2 is 2.04 bits per heavy atom. The van der Waals surface area contributed by atoms with Gasteiger partial charge in [0.2, 0.25) is 5.91 Å². The highest BCUT2D eigenvalue weighted by molar-refractivity contribution is 7.17. The Balaban J connectivity index is 1.50. The number of nitrogens with zero attached hydrogens (tertiary/aromatic N) is 2. The molecule has 1 aliphatic rings. The minimum absolute atomic E-state index is 0.196. The monoisotopic (exact) mass is 393 g/mol. The van der Waals surface area contributed by atoms with E-state index in [0.29, 0.717) is 25.1 Å². The summed E-state index contributed by atoms with van der Waals surface area (Å²) in [7, 11) is 0. The van der Waals surface area contributed by atoms with E-state index in [-0.39, 0.29) is 18.0 Å². The van der Waals surface area contributed by atoms with E-state index in [1.807, 2.05) is 29.6 Å². The first-order chi connectivity index (χ1) is 12.9. The van der Waals surface area contributed by atoms with Crippen LogP contribution in [0.25, 0.3) is 10.1 Å². The second kappa shape index (κ2) is 6.99. The molecule has 2 aromatic heterocycles. The molecule has 0 saturated carbocycles. The van der Waals surface area contributed by atoms with Gasteiger partial charge in [0.25, 0.3) is 0 Å². The van der Waals surface area contributed by atoms with Gasteiger partial charge in [-0.1, -0.05) is 12.1 Å². The van der Waals surface area contributed by atoms with Crippen molar-refractivity contribution in [2.75, 3.05) is 0 Å². The number of fused-ring (bicyclic) bond motifs is 2. The lowest BCUT2D eigenvalue weighted by Gasteiger charge is -2.14. The van der Waals surface area contributed by atoms with E-state index >= 15 is 0 Å². The third-order valence-corrected chi connectivity index (χ3v) is 5.76. The summed E-state index contributed by atoms with van der Waals surface area (Å²) in [6, 6.07) is 7.88. The first-order valence-electron chi connectivity index (χ1n) is 8.81. The van der Waals surface area contributed by atoms with Gasteiger partial charge in [-0.25, -0.2) is 0 Å². The smallest absolute Gasteiger partial charge is 0.350 e. The van der Waals surface area contributed by atoms with Gasteiger partial charge in [0.05, 0.1) is 0 Å². The van der Waals surface area contributed by atoms with Gasteiger partial charge >= 0.3 is 6.18 Å². The highest BCUT2D eigenvalue weighted by Gasteiger charge is 2.39. The fraction of sp³-hybridized carbons (Fsp3) is 0.368. The van der Waals surface area contributed by atoms with Crippen molar-refractivity contribution in [3.8, 4) is 0 Å². The van der Waals surface area contributed by atoms with E-state index in [2.05, 4.69) is 10.4 Å². The van der Waals surface area contributed by atoms with Gasteiger partial charge in [0.1, 0.15) is 6.54 Å². The molecule has 3 aromatic rings. The maximum atomic E-state index is 13.2. The molecule has 0 fully saturated rings. The largest absolute Gasteiger partial charge is 0.435 e. The van der Waals surface area contributed by atoms with Crippen molar-refractivity contribution in [3.05, 3.63) is 52.2 Å². The summed E-state index contributed by atoms with van der Waals surface area (Å²) in [6.07, 6.45) is -2.06. The third-order valence-electron chi connectivity index (χ3n) is 4.88. The highest BCUT2D eigenvalue weighted by Crippen LogP contribution is 2.35. The molecule has 0 saturated heterocycles. The second-order valence-corrected chi connectivity index (χ2v) is 7.61. The number of hydrogen-bond donors (Lipinski definition) is 1. The first-order valence-corrected chi connectivity index (χ1v) is 9.69.